The molecule has 8 nitrogen and oxygen atoms in total. The number of amides is 1. The van der Waals surface area contributed by atoms with E-state index in [9.17, 15) is 13.2 Å². The zero-order chi connectivity index (χ0) is 24.7. The van der Waals surface area contributed by atoms with Crippen LogP contribution >= 0.6 is 0 Å². The minimum absolute atomic E-state index is 0.0764. The largest absolute Gasteiger partial charge is 0.494 e. The number of benzene rings is 3. The molecule has 1 N–H and O–H groups in total. The van der Waals surface area contributed by atoms with E-state index in [1.54, 1.807) is 42.5 Å². The number of hydrogen-bond donors (Lipinski definition) is 1. The first kappa shape index (κ1) is 24.6. The Bertz CT molecular complexity index is 1210. The van der Waals surface area contributed by atoms with Gasteiger partial charge in [-0.2, -0.15) is 0 Å². The van der Waals surface area contributed by atoms with Crippen molar-refractivity contribution in [2.75, 3.05) is 54.0 Å². The maximum atomic E-state index is 13.5. The predicted molar refractivity (Wildman–Crippen MR) is 137 cm³/mol. The fourth-order valence-electron chi connectivity index (χ4n) is 3.82. The fourth-order valence-corrected chi connectivity index (χ4v) is 5.24. The molecule has 184 valence electrons. The molecule has 0 unspecified atom stereocenters. The highest BCUT2D eigenvalue weighted by atomic mass is 32.2. The summed E-state index contributed by atoms with van der Waals surface area (Å²) in [5.74, 6) is 0.137. The molecule has 0 bridgehead atoms. The molecular formula is C26H29N3O5S. The molecule has 3 aromatic rings. The molecule has 1 fully saturated rings. The number of nitrogens with one attached hydrogen (secondary N) is 1. The van der Waals surface area contributed by atoms with Gasteiger partial charge in [0.25, 0.3) is 10.0 Å². The Morgan fingerprint density at radius 2 is 1.63 bits per heavy atom. The van der Waals surface area contributed by atoms with Crippen LogP contribution in [0.1, 0.15) is 6.92 Å². The smallest absolute Gasteiger partial charge is 0.264 e. The number of carbonyl (C=O) groups is 1. The molecule has 1 heterocycles. The molecule has 1 aliphatic heterocycles. The number of para-hydroxylation sites is 1. The van der Waals surface area contributed by atoms with E-state index in [4.69, 9.17) is 9.47 Å². The van der Waals surface area contributed by atoms with Crippen molar-refractivity contribution in [1.82, 2.24) is 0 Å². The summed E-state index contributed by atoms with van der Waals surface area (Å²) in [5, 5.41) is 2.81. The van der Waals surface area contributed by atoms with Gasteiger partial charge in [0.2, 0.25) is 5.91 Å². The van der Waals surface area contributed by atoms with Crippen molar-refractivity contribution in [1.29, 1.82) is 0 Å². The molecule has 0 spiro atoms. The highest BCUT2D eigenvalue weighted by molar-refractivity contribution is 7.92. The molecular weight excluding hydrogens is 466 g/mol. The van der Waals surface area contributed by atoms with Crippen LogP contribution in [0.3, 0.4) is 0 Å². The van der Waals surface area contributed by atoms with Gasteiger partial charge >= 0.3 is 0 Å². The fraction of sp³-hybridized carbons (Fsp3) is 0.269. The van der Waals surface area contributed by atoms with Gasteiger partial charge in [-0.15, -0.1) is 0 Å². The number of ether oxygens (including phenoxy) is 2. The molecule has 4 rings (SSSR count). The van der Waals surface area contributed by atoms with Crippen LogP contribution in [0.5, 0.6) is 5.75 Å². The van der Waals surface area contributed by atoms with E-state index in [0.29, 0.717) is 36.9 Å². The second-order valence-electron chi connectivity index (χ2n) is 7.95. The summed E-state index contributed by atoms with van der Waals surface area (Å²) < 4.78 is 38.9. The summed E-state index contributed by atoms with van der Waals surface area (Å²) in [4.78, 5) is 15.2. The summed E-state index contributed by atoms with van der Waals surface area (Å²) in [5.41, 5.74) is 2.05. The third-order valence-electron chi connectivity index (χ3n) is 5.58. The van der Waals surface area contributed by atoms with Crippen molar-refractivity contribution < 1.29 is 22.7 Å². The number of sulfonamides is 1. The second-order valence-corrected chi connectivity index (χ2v) is 9.81. The van der Waals surface area contributed by atoms with E-state index in [1.807, 2.05) is 31.2 Å². The van der Waals surface area contributed by atoms with Gasteiger partial charge in [-0.3, -0.25) is 9.10 Å². The Balaban J connectivity index is 1.51. The van der Waals surface area contributed by atoms with Crippen LogP contribution in [0, 0.1) is 0 Å². The van der Waals surface area contributed by atoms with Crippen molar-refractivity contribution in [3.05, 3.63) is 78.9 Å². The standard InChI is InChI=1S/C26H29N3O5S/c1-2-34-24-12-14-25(15-13-24)35(31,32)29(23-6-4-3-5-7-23)20-26(30)27-21-8-10-22(11-9-21)28-16-18-33-19-17-28/h3-15H,2,16-20H2,1H3,(H,27,30). The van der Waals surface area contributed by atoms with E-state index in [1.165, 1.54) is 12.1 Å². The average Bonchev–Trinajstić information content (AvgIpc) is 2.89. The van der Waals surface area contributed by atoms with Gasteiger partial charge in [-0.1, -0.05) is 18.2 Å². The third kappa shape index (κ3) is 6.12. The Morgan fingerprint density at radius 3 is 2.26 bits per heavy atom. The molecule has 0 aliphatic carbocycles. The van der Waals surface area contributed by atoms with Crippen LogP contribution < -0.4 is 19.3 Å². The third-order valence-corrected chi connectivity index (χ3v) is 7.37. The lowest BCUT2D eigenvalue weighted by Gasteiger charge is -2.29. The Hall–Kier alpha value is -3.56. The van der Waals surface area contributed by atoms with E-state index in [2.05, 4.69) is 10.2 Å². The number of hydrogen-bond acceptors (Lipinski definition) is 6. The molecule has 35 heavy (non-hydrogen) atoms. The average molecular weight is 496 g/mol. The number of rotatable bonds is 9. The zero-order valence-corrected chi connectivity index (χ0v) is 20.4. The van der Waals surface area contributed by atoms with E-state index < -0.39 is 15.9 Å². The van der Waals surface area contributed by atoms with Crippen molar-refractivity contribution in [3.63, 3.8) is 0 Å². The van der Waals surface area contributed by atoms with Gasteiger partial charge in [0.15, 0.2) is 0 Å². The van der Waals surface area contributed by atoms with Gasteiger partial charge < -0.3 is 19.7 Å². The quantitative estimate of drug-likeness (QED) is 0.486. The lowest BCUT2D eigenvalue weighted by molar-refractivity contribution is -0.114. The summed E-state index contributed by atoms with van der Waals surface area (Å²) in [6.45, 7) is 4.99. The van der Waals surface area contributed by atoms with Crippen LogP contribution in [-0.2, 0) is 19.6 Å². The number of nitrogens with zero attached hydrogens (tertiary/aromatic N) is 2. The summed E-state index contributed by atoms with van der Waals surface area (Å²) >= 11 is 0. The molecule has 3 aromatic carbocycles. The SMILES string of the molecule is CCOc1ccc(S(=O)(=O)N(CC(=O)Nc2ccc(N3CCOCC3)cc2)c2ccccc2)cc1. The second kappa shape index (κ2) is 11.2. The van der Waals surface area contributed by atoms with Gasteiger partial charge in [0.1, 0.15) is 12.3 Å². The molecule has 0 radical (unpaired) electrons. The molecule has 0 saturated carbocycles. The van der Waals surface area contributed by atoms with Gasteiger partial charge in [0, 0.05) is 24.5 Å². The minimum Gasteiger partial charge on any atom is -0.494 e. The molecule has 1 amide bonds. The van der Waals surface area contributed by atoms with Crippen molar-refractivity contribution in [2.45, 2.75) is 11.8 Å². The summed E-state index contributed by atoms with van der Waals surface area (Å²) in [6, 6.07) is 22.3. The first-order valence-electron chi connectivity index (χ1n) is 11.5. The Kier molecular flexibility index (Phi) is 7.89. The van der Waals surface area contributed by atoms with Crippen molar-refractivity contribution in [3.8, 4) is 5.75 Å². The lowest BCUT2D eigenvalue weighted by Crippen LogP contribution is -2.38. The van der Waals surface area contributed by atoms with Crippen LogP contribution in [0.15, 0.2) is 83.8 Å². The van der Waals surface area contributed by atoms with E-state index >= 15 is 0 Å². The summed E-state index contributed by atoms with van der Waals surface area (Å²) in [7, 11) is -4.00. The monoisotopic (exact) mass is 495 g/mol. The molecule has 9 heteroatoms. The van der Waals surface area contributed by atoms with Gasteiger partial charge in [-0.05, 0) is 67.6 Å². The Labute approximate surface area is 206 Å². The first-order chi connectivity index (χ1) is 17.0. The van der Waals surface area contributed by atoms with Crippen molar-refractivity contribution in [2.24, 2.45) is 0 Å². The molecule has 1 saturated heterocycles. The zero-order valence-electron chi connectivity index (χ0n) is 19.6. The van der Waals surface area contributed by atoms with E-state index in [-0.39, 0.29) is 11.4 Å². The minimum atomic E-state index is -4.00. The molecule has 0 atom stereocenters. The number of carbonyl (C=O) groups excluding carboxylic acids is 1. The predicted octanol–water partition coefficient (Wildman–Crippen LogP) is 3.76. The lowest BCUT2D eigenvalue weighted by atomic mass is 10.2. The van der Waals surface area contributed by atoms with Gasteiger partial charge in [0.05, 0.1) is 30.4 Å². The normalized spacial score (nSPS) is 13.8. The van der Waals surface area contributed by atoms with Crippen molar-refractivity contribution >= 4 is 33.0 Å². The molecule has 1 aliphatic rings. The van der Waals surface area contributed by atoms with Gasteiger partial charge in [-0.25, -0.2) is 8.42 Å². The number of morpholine rings is 1. The highest BCUT2D eigenvalue weighted by Gasteiger charge is 2.27. The van der Waals surface area contributed by atoms with Crippen LogP contribution in [0.2, 0.25) is 0 Å². The number of anilines is 3. The first-order valence-corrected chi connectivity index (χ1v) is 12.9. The maximum absolute atomic E-state index is 13.5. The van der Waals surface area contributed by atoms with Crippen LogP contribution in [0.4, 0.5) is 17.1 Å². The highest BCUT2D eigenvalue weighted by Crippen LogP contribution is 2.25. The van der Waals surface area contributed by atoms with E-state index in [0.717, 1.165) is 23.1 Å². The maximum Gasteiger partial charge on any atom is 0.264 e. The topological polar surface area (TPSA) is 88.2 Å². The Morgan fingerprint density at radius 1 is 0.971 bits per heavy atom. The van der Waals surface area contributed by atoms with Crippen LogP contribution in [-0.4, -0.2) is 53.8 Å². The molecule has 0 aromatic heterocycles. The summed E-state index contributed by atoms with van der Waals surface area (Å²) in [6.07, 6.45) is 0. The van der Waals surface area contributed by atoms with Crippen LogP contribution in [0.25, 0.3) is 0 Å².